The van der Waals surface area contributed by atoms with Crippen LogP contribution in [0, 0.1) is 5.41 Å². The molecule has 1 saturated heterocycles. The van der Waals surface area contributed by atoms with Crippen molar-refractivity contribution in [2.75, 3.05) is 29.5 Å². The van der Waals surface area contributed by atoms with E-state index in [1.165, 1.54) is 0 Å². The maximum atomic E-state index is 7.78. The van der Waals surface area contributed by atoms with Gasteiger partial charge in [-0.2, -0.15) is 11.8 Å². The number of thioether (sulfide) groups is 1. The van der Waals surface area contributed by atoms with Crippen molar-refractivity contribution in [1.29, 1.82) is 5.41 Å². The number of rotatable bonds is 2. The molecule has 98 valence electrons. The molecule has 1 aliphatic heterocycles. The topological polar surface area (TPSA) is 66.0 Å². The van der Waals surface area contributed by atoms with Crippen molar-refractivity contribution in [2.24, 2.45) is 5.73 Å². The lowest BCUT2D eigenvalue weighted by Gasteiger charge is -2.29. The third kappa shape index (κ3) is 2.38. The lowest BCUT2D eigenvalue weighted by Crippen LogP contribution is -2.35. The van der Waals surface area contributed by atoms with Crippen LogP contribution < -0.4 is 10.6 Å². The van der Waals surface area contributed by atoms with Crippen molar-refractivity contribution in [3.8, 4) is 0 Å². The van der Waals surface area contributed by atoms with E-state index in [0.717, 1.165) is 46.9 Å². The Balaban J connectivity index is 2.14. The lowest BCUT2D eigenvalue weighted by molar-refractivity contribution is 0.841. The van der Waals surface area contributed by atoms with Gasteiger partial charge in [-0.15, -0.1) is 0 Å². The van der Waals surface area contributed by atoms with Gasteiger partial charge < -0.3 is 10.6 Å². The molecule has 1 aliphatic rings. The van der Waals surface area contributed by atoms with Crippen LogP contribution in [0.5, 0.6) is 0 Å². The molecule has 3 N–H and O–H groups in total. The molecule has 0 bridgehead atoms. The van der Waals surface area contributed by atoms with Crippen molar-refractivity contribution in [3.05, 3.63) is 35.9 Å². The molecule has 0 saturated carbocycles. The van der Waals surface area contributed by atoms with Gasteiger partial charge in [-0.1, -0.05) is 18.2 Å². The number of amidine groups is 1. The molecule has 0 radical (unpaired) electrons. The maximum absolute atomic E-state index is 7.78. The van der Waals surface area contributed by atoms with Gasteiger partial charge in [0.25, 0.3) is 0 Å². The number of hydrogen-bond acceptors (Lipinski definition) is 4. The molecular weight excluding hydrogens is 256 g/mol. The third-order valence-electron chi connectivity index (χ3n) is 3.30. The zero-order chi connectivity index (χ0) is 13.2. The van der Waals surface area contributed by atoms with Crippen LogP contribution in [0.15, 0.2) is 30.3 Å². The predicted molar refractivity (Wildman–Crippen MR) is 82.3 cm³/mol. The number of hydrogen-bond donors (Lipinski definition) is 2. The van der Waals surface area contributed by atoms with Crippen LogP contribution in [-0.4, -0.2) is 35.4 Å². The van der Waals surface area contributed by atoms with E-state index < -0.39 is 0 Å². The van der Waals surface area contributed by atoms with Gasteiger partial charge in [0.2, 0.25) is 0 Å². The van der Waals surface area contributed by atoms with E-state index in [1.54, 1.807) is 0 Å². The summed E-state index contributed by atoms with van der Waals surface area (Å²) >= 11 is 1.96. The summed E-state index contributed by atoms with van der Waals surface area (Å²) in [6.07, 6.45) is 0. The van der Waals surface area contributed by atoms with Crippen LogP contribution in [0.1, 0.15) is 5.56 Å². The van der Waals surface area contributed by atoms with E-state index in [2.05, 4.69) is 4.90 Å². The summed E-state index contributed by atoms with van der Waals surface area (Å²) in [6, 6.07) is 9.94. The minimum Gasteiger partial charge on any atom is -0.384 e. The highest BCUT2D eigenvalue weighted by Crippen LogP contribution is 2.25. The molecule has 0 spiro atoms. The molecule has 2 heterocycles. The second kappa shape index (κ2) is 5.09. The molecule has 1 aromatic heterocycles. The van der Waals surface area contributed by atoms with E-state index in [1.807, 2.05) is 42.1 Å². The Morgan fingerprint density at radius 2 is 2.00 bits per heavy atom. The van der Waals surface area contributed by atoms with Crippen LogP contribution in [-0.2, 0) is 0 Å². The molecule has 0 atom stereocenters. The van der Waals surface area contributed by atoms with Gasteiger partial charge in [0.1, 0.15) is 11.7 Å². The monoisotopic (exact) mass is 272 g/mol. The summed E-state index contributed by atoms with van der Waals surface area (Å²) in [5.41, 5.74) is 7.42. The Morgan fingerprint density at radius 3 is 2.74 bits per heavy atom. The van der Waals surface area contributed by atoms with Gasteiger partial charge in [-0.05, 0) is 12.1 Å². The Morgan fingerprint density at radius 1 is 1.26 bits per heavy atom. The second-order valence-corrected chi connectivity index (χ2v) is 5.79. The molecule has 4 nitrogen and oxygen atoms in total. The van der Waals surface area contributed by atoms with E-state index in [4.69, 9.17) is 16.1 Å². The van der Waals surface area contributed by atoms with E-state index in [-0.39, 0.29) is 5.84 Å². The van der Waals surface area contributed by atoms with Gasteiger partial charge >= 0.3 is 0 Å². The first kappa shape index (κ1) is 12.3. The molecule has 3 rings (SSSR count). The summed E-state index contributed by atoms with van der Waals surface area (Å²) in [5, 5.41) is 8.81. The Bertz CT molecular complexity index is 620. The largest absolute Gasteiger partial charge is 0.384 e. The van der Waals surface area contributed by atoms with Crippen LogP contribution in [0.2, 0.25) is 0 Å². The zero-order valence-electron chi connectivity index (χ0n) is 10.6. The number of para-hydroxylation sites is 1. The van der Waals surface area contributed by atoms with Gasteiger partial charge in [0.05, 0.1) is 11.1 Å². The maximum Gasteiger partial charge on any atom is 0.140 e. The first-order valence-corrected chi connectivity index (χ1v) is 7.48. The van der Waals surface area contributed by atoms with Crippen molar-refractivity contribution < 1.29 is 0 Å². The van der Waals surface area contributed by atoms with Crippen LogP contribution in [0.4, 0.5) is 5.82 Å². The number of anilines is 1. The summed E-state index contributed by atoms with van der Waals surface area (Å²) in [6.45, 7) is 1.94. The first-order chi connectivity index (χ1) is 9.25. The number of nitrogens with one attached hydrogen (secondary N) is 1. The van der Waals surface area contributed by atoms with E-state index >= 15 is 0 Å². The van der Waals surface area contributed by atoms with Crippen molar-refractivity contribution >= 4 is 34.3 Å². The number of nitrogens with two attached hydrogens (primary N) is 1. The fourth-order valence-electron chi connectivity index (χ4n) is 2.32. The molecule has 2 aromatic rings. The average Bonchev–Trinajstić information content (AvgIpc) is 2.46. The Kier molecular flexibility index (Phi) is 3.29. The fraction of sp³-hybridized carbons (Fsp3) is 0.286. The van der Waals surface area contributed by atoms with Crippen molar-refractivity contribution in [1.82, 2.24) is 4.98 Å². The molecule has 1 aromatic carbocycles. The average molecular weight is 272 g/mol. The van der Waals surface area contributed by atoms with Crippen LogP contribution in [0.3, 0.4) is 0 Å². The normalized spacial score (nSPS) is 15.7. The van der Waals surface area contributed by atoms with Gasteiger partial charge in [0, 0.05) is 30.0 Å². The second-order valence-electron chi connectivity index (χ2n) is 4.57. The summed E-state index contributed by atoms with van der Waals surface area (Å²) in [4.78, 5) is 6.95. The highest BCUT2D eigenvalue weighted by Gasteiger charge is 2.18. The standard InChI is InChI=1S/C14H16N4S/c15-13(16)11-9-10-3-1-2-4-12(10)17-14(11)18-5-7-19-8-6-18/h1-4,9H,5-8H2,(H3,15,16). The number of nitrogen functional groups attached to an aromatic ring is 1. The number of aromatic nitrogens is 1. The molecule has 0 amide bonds. The molecule has 1 fully saturated rings. The zero-order valence-corrected chi connectivity index (χ0v) is 11.4. The van der Waals surface area contributed by atoms with Gasteiger partial charge in [0.15, 0.2) is 0 Å². The predicted octanol–water partition coefficient (Wildman–Crippen LogP) is 2.07. The molecule has 0 aliphatic carbocycles. The Hall–Kier alpha value is -1.75. The van der Waals surface area contributed by atoms with Gasteiger partial charge in [-0.3, -0.25) is 5.41 Å². The summed E-state index contributed by atoms with van der Waals surface area (Å²) < 4.78 is 0. The first-order valence-electron chi connectivity index (χ1n) is 6.32. The third-order valence-corrected chi connectivity index (χ3v) is 4.25. The summed E-state index contributed by atoms with van der Waals surface area (Å²) in [5.74, 6) is 3.15. The minimum absolute atomic E-state index is 0.0893. The highest BCUT2D eigenvalue weighted by atomic mass is 32.2. The van der Waals surface area contributed by atoms with Crippen molar-refractivity contribution in [2.45, 2.75) is 0 Å². The fourth-order valence-corrected chi connectivity index (χ4v) is 3.22. The number of benzene rings is 1. The molecule has 5 heteroatoms. The van der Waals surface area contributed by atoms with Crippen LogP contribution >= 0.6 is 11.8 Å². The van der Waals surface area contributed by atoms with Gasteiger partial charge in [-0.25, -0.2) is 4.98 Å². The number of fused-ring (bicyclic) bond motifs is 1. The lowest BCUT2D eigenvalue weighted by atomic mass is 10.1. The molecule has 19 heavy (non-hydrogen) atoms. The molecular formula is C14H16N4S. The van der Waals surface area contributed by atoms with E-state index in [9.17, 15) is 0 Å². The van der Waals surface area contributed by atoms with Crippen LogP contribution in [0.25, 0.3) is 10.9 Å². The SMILES string of the molecule is N=C(N)c1cc2ccccc2nc1N1CCSCC1. The Labute approximate surface area is 116 Å². The number of pyridine rings is 1. The highest BCUT2D eigenvalue weighted by molar-refractivity contribution is 7.99. The smallest absolute Gasteiger partial charge is 0.140 e. The minimum atomic E-state index is 0.0893. The van der Waals surface area contributed by atoms with Crippen molar-refractivity contribution in [3.63, 3.8) is 0 Å². The summed E-state index contributed by atoms with van der Waals surface area (Å²) in [7, 11) is 0. The quantitative estimate of drug-likeness (QED) is 0.649. The number of nitrogens with zero attached hydrogens (tertiary/aromatic N) is 2. The molecule has 0 unspecified atom stereocenters. The van der Waals surface area contributed by atoms with E-state index in [0.29, 0.717) is 0 Å².